The number of carbonyl (C=O) groups excluding carboxylic acids is 1. The number of ether oxygens (including phenoxy) is 2. The molecule has 3 atom stereocenters. The van der Waals surface area contributed by atoms with Gasteiger partial charge in [0.25, 0.3) is 0 Å². The summed E-state index contributed by atoms with van der Waals surface area (Å²) in [6.07, 6.45) is 0.708. The maximum atomic E-state index is 12.3. The van der Waals surface area contributed by atoms with E-state index >= 15 is 0 Å². The first-order valence-electron chi connectivity index (χ1n) is 7.48. The van der Waals surface area contributed by atoms with Crippen LogP contribution < -0.4 is 0 Å². The van der Waals surface area contributed by atoms with Gasteiger partial charge in [0.05, 0.1) is 6.10 Å². The van der Waals surface area contributed by atoms with Crippen LogP contribution in [0.15, 0.2) is 30.3 Å². The van der Waals surface area contributed by atoms with Gasteiger partial charge in [-0.1, -0.05) is 30.3 Å². The number of carboxylic acids is 1. The number of aliphatic carboxylic acids is 1. The molecule has 2 fully saturated rings. The van der Waals surface area contributed by atoms with Gasteiger partial charge in [-0.2, -0.15) is 0 Å². The van der Waals surface area contributed by atoms with Gasteiger partial charge < -0.3 is 14.6 Å². The number of likely N-dealkylation sites (tertiary alicyclic amines) is 1. The molecular weight excluding hydrogens is 286 g/mol. The summed E-state index contributed by atoms with van der Waals surface area (Å²) in [7, 11) is 0. The standard InChI is InChI=1S/C16H19NO5/c18-15(19)14-12-7-9-21-13(12)6-8-17(14)16(20)22-10-11-4-2-1-3-5-11/h1-5,12-14H,6-10H2,(H,18,19)/t12-,13-,14?/m1/s1. The average molecular weight is 305 g/mol. The summed E-state index contributed by atoms with van der Waals surface area (Å²) >= 11 is 0. The molecule has 3 rings (SSSR count). The molecule has 0 saturated carbocycles. The first kappa shape index (κ1) is 14.8. The van der Waals surface area contributed by atoms with Crippen LogP contribution in [0.3, 0.4) is 0 Å². The number of nitrogens with zero attached hydrogens (tertiary/aromatic N) is 1. The summed E-state index contributed by atoms with van der Waals surface area (Å²) in [4.78, 5) is 25.2. The fraction of sp³-hybridized carbons (Fsp3) is 0.500. The topological polar surface area (TPSA) is 76.1 Å². The van der Waals surface area contributed by atoms with Crippen molar-refractivity contribution in [3.05, 3.63) is 35.9 Å². The Morgan fingerprint density at radius 3 is 2.77 bits per heavy atom. The van der Waals surface area contributed by atoms with E-state index in [1.807, 2.05) is 30.3 Å². The number of rotatable bonds is 3. The lowest BCUT2D eigenvalue weighted by atomic mass is 9.86. The quantitative estimate of drug-likeness (QED) is 0.923. The molecule has 0 aliphatic carbocycles. The van der Waals surface area contributed by atoms with Gasteiger partial charge >= 0.3 is 12.1 Å². The van der Waals surface area contributed by atoms with Crippen molar-refractivity contribution in [2.45, 2.75) is 31.6 Å². The molecule has 0 spiro atoms. The second-order valence-corrected chi connectivity index (χ2v) is 5.67. The molecule has 118 valence electrons. The lowest BCUT2D eigenvalue weighted by Gasteiger charge is -2.38. The number of benzene rings is 1. The van der Waals surface area contributed by atoms with Crippen molar-refractivity contribution in [2.24, 2.45) is 5.92 Å². The molecule has 2 saturated heterocycles. The van der Waals surface area contributed by atoms with Crippen LogP contribution >= 0.6 is 0 Å². The van der Waals surface area contributed by atoms with Crippen molar-refractivity contribution in [1.82, 2.24) is 4.90 Å². The van der Waals surface area contributed by atoms with E-state index < -0.39 is 18.1 Å². The van der Waals surface area contributed by atoms with Crippen LogP contribution in [0.2, 0.25) is 0 Å². The van der Waals surface area contributed by atoms with Crippen molar-refractivity contribution < 1.29 is 24.2 Å². The summed E-state index contributed by atoms with van der Waals surface area (Å²) in [5, 5.41) is 9.48. The first-order chi connectivity index (χ1) is 10.7. The molecule has 1 unspecified atom stereocenters. The average Bonchev–Trinajstić information content (AvgIpc) is 3.00. The minimum absolute atomic E-state index is 0.0562. The minimum Gasteiger partial charge on any atom is -0.480 e. The zero-order chi connectivity index (χ0) is 15.5. The lowest BCUT2D eigenvalue weighted by Crippen LogP contribution is -2.56. The Hall–Kier alpha value is -2.08. The second-order valence-electron chi connectivity index (χ2n) is 5.67. The van der Waals surface area contributed by atoms with E-state index in [1.54, 1.807) is 0 Å². The molecule has 6 heteroatoms. The SMILES string of the molecule is O=C(O)C1[C@@H]2CCO[C@@H]2CCN1C(=O)OCc1ccccc1. The molecule has 0 radical (unpaired) electrons. The number of fused-ring (bicyclic) bond motifs is 1. The number of piperidine rings is 1. The molecule has 1 aromatic carbocycles. The van der Waals surface area contributed by atoms with Crippen LogP contribution in [0.4, 0.5) is 4.79 Å². The van der Waals surface area contributed by atoms with Crippen molar-refractivity contribution in [3.8, 4) is 0 Å². The molecule has 1 amide bonds. The highest BCUT2D eigenvalue weighted by Gasteiger charge is 2.47. The molecule has 0 bridgehead atoms. The van der Waals surface area contributed by atoms with Crippen molar-refractivity contribution in [2.75, 3.05) is 13.2 Å². The van der Waals surface area contributed by atoms with Crippen LogP contribution in [0, 0.1) is 5.92 Å². The van der Waals surface area contributed by atoms with Gasteiger partial charge in [0, 0.05) is 19.1 Å². The molecule has 0 aromatic heterocycles. The van der Waals surface area contributed by atoms with Crippen LogP contribution in [-0.4, -0.2) is 47.4 Å². The second kappa shape index (κ2) is 6.36. The highest BCUT2D eigenvalue weighted by molar-refractivity contribution is 5.80. The molecule has 22 heavy (non-hydrogen) atoms. The largest absolute Gasteiger partial charge is 0.480 e. The van der Waals surface area contributed by atoms with Gasteiger partial charge in [-0.05, 0) is 18.4 Å². The molecule has 2 aliphatic heterocycles. The van der Waals surface area contributed by atoms with E-state index in [1.165, 1.54) is 4.90 Å². The van der Waals surface area contributed by atoms with Crippen LogP contribution in [-0.2, 0) is 20.9 Å². The lowest BCUT2D eigenvalue weighted by molar-refractivity contribution is -0.148. The Morgan fingerprint density at radius 2 is 2.05 bits per heavy atom. The molecule has 1 aromatic rings. The smallest absolute Gasteiger partial charge is 0.410 e. The molecule has 6 nitrogen and oxygen atoms in total. The Labute approximate surface area is 128 Å². The van der Waals surface area contributed by atoms with Crippen LogP contribution in [0.5, 0.6) is 0 Å². The zero-order valence-corrected chi connectivity index (χ0v) is 12.2. The monoisotopic (exact) mass is 305 g/mol. The Kier molecular flexibility index (Phi) is 4.29. The molecule has 1 N–H and O–H groups in total. The number of hydrogen-bond acceptors (Lipinski definition) is 4. The van der Waals surface area contributed by atoms with Crippen molar-refractivity contribution in [1.29, 1.82) is 0 Å². The maximum absolute atomic E-state index is 12.3. The van der Waals surface area contributed by atoms with E-state index in [-0.39, 0.29) is 18.6 Å². The fourth-order valence-corrected chi connectivity index (χ4v) is 3.28. The Balaban J connectivity index is 1.66. The van der Waals surface area contributed by atoms with Gasteiger partial charge in [0.15, 0.2) is 0 Å². The molecule has 2 aliphatic rings. The predicted octanol–water partition coefficient (Wildman–Crippen LogP) is 1.89. The fourth-order valence-electron chi connectivity index (χ4n) is 3.28. The number of amides is 1. The van der Waals surface area contributed by atoms with Gasteiger partial charge in [-0.15, -0.1) is 0 Å². The Bertz CT molecular complexity index is 547. The van der Waals surface area contributed by atoms with Gasteiger partial charge in [0.2, 0.25) is 0 Å². The number of carbonyl (C=O) groups is 2. The third kappa shape index (κ3) is 2.92. The summed E-state index contributed by atoms with van der Waals surface area (Å²) in [5.74, 6) is -1.13. The van der Waals surface area contributed by atoms with Crippen molar-refractivity contribution in [3.63, 3.8) is 0 Å². The van der Waals surface area contributed by atoms with Crippen molar-refractivity contribution >= 4 is 12.1 Å². The molecular formula is C16H19NO5. The van der Waals surface area contributed by atoms with E-state index in [9.17, 15) is 14.7 Å². The van der Waals surface area contributed by atoms with Gasteiger partial charge in [-0.25, -0.2) is 9.59 Å². The Morgan fingerprint density at radius 1 is 1.27 bits per heavy atom. The summed E-state index contributed by atoms with van der Waals surface area (Å²) in [6, 6.07) is 8.48. The highest BCUT2D eigenvalue weighted by Crippen LogP contribution is 2.34. The molecule has 2 heterocycles. The van der Waals surface area contributed by atoms with Crippen LogP contribution in [0.1, 0.15) is 18.4 Å². The van der Waals surface area contributed by atoms with Crippen LogP contribution in [0.25, 0.3) is 0 Å². The number of carboxylic acid groups (broad SMARTS) is 1. The highest BCUT2D eigenvalue weighted by atomic mass is 16.6. The third-order valence-corrected chi connectivity index (χ3v) is 4.35. The third-order valence-electron chi connectivity index (χ3n) is 4.35. The summed E-state index contributed by atoms with van der Waals surface area (Å²) in [5.41, 5.74) is 0.877. The van der Waals surface area contributed by atoms with E-state index in [0.717, 1.165) is 5.56 Å². The van der Waals surface area contributed by atoms with Gasteiger partial charge in [0.1, 0.15) is 12.6 Å². The van der Waals surface area contributed by atoms with Gasteiger partial charge in [-0.3, -0.25) is 4.90 Å². The maximum Gasteiger partial charge on any atom is 0.410 e. The van der Waals surface area contributed by atoms with E-state index in [0.29, 0.717) is 26.0 Å². The van der Waals surface area contributed by atoms with E-state index in [2.05, 4.69) is 0 Å². The normalized spacial score (nSPS) is 27.3. The first-order valence-corrected chi connectivity index (χ1v) is 7.48. The number of hydrogen-bond donors (Lipinski definition) is 1. The zero-order valence-electron chi connectivity index (χ0n) is 12.2. The summed E-state index contributed by atoms with van der Waals surface area (Å²) < 4.78 is 10.8. The predicted molar refractivity (Wildman–Crippen MR) is 77.2 cm³/mol. The summed E-state index contributed by atoms with van der Waals surface area (Å²) in [6.45, 7) is 1.06. The minimum atomic E-state index is -0.989. The van der Waals surface area contributed by atoms with E-state index in [4.69, 9.17) is 9.47 Å².